The number of amides is 2. The first-order valence-electron chi connectivity index (χ1n) is 10.9. The van der Waals surface area contributed by atoms with Crippen molar-refractivity contribution in [3.05, 3.63) is 93.5 Å². The summed E-state index contributed by atoms with van der Waals surface area (Å²) in [6.07, 6.45) is 3.00. The molecule has 2 N–H and O–H groups in total. The van der Waals surface area contributed by atoms with Gasteiger partial charge in [-0.25, -0.2) is 0 Å². The molecule has 3 aromatic carbocycles. The summed E-state index contributed by atoms with van der Waals surface area (Å²) in [5.41, 5.74) is 5.34. The maximum Gasteiger partial charge on any atom is 0.255 e. The standard InChI is InChI=1S/C26H24BrN3O2/c27-20-7-5-18(6-8-20)25(31)29-22-11-12-24(23(15-22)26(32)28-21-9-10-21)30-14-13-17-3-1-2-4-19(17)16-30/h1-8,11-12,15,21H,9-10,13-14,16H2,(H,28,32)(H,29,31). The molecule has 32 heavy (non-hydrogen) atoms. The van der Waals surface area contributed by atoms with Gasteiger partial charge in [-0.05, 0) is 72.9 Å². The Kier molecular flexibility index (Phi) is 5.70. The van der Waals surface area contributed by atoms with E-state index < -0.39 is 0 Å². The average molecular weight is 490 g/mol. The largest absolute Gasteiger partial charge is 0.366 e. The van der Waals surface area contributed by atoms with Crippen LogP contribution in [-0.4, -0.2) is 24.4 Å². The number of nitrogens with one attached hydrogen (secondary N) is 2. The zero-order chi connectivity index (χ0) is 22.1. The van der Waals surface area contributed by atoms with Gasteiger partial charge in [-0.3, -0.25) is 9.59 Å². The molecule has 5 nitrogen and oxygen atoms in total. The van der Waals surface area contributed by atoms with Crippen molar-refractivity contribution in [1.82, 2.24) is 5.32 Å². The van der Waals surface area contributed by atoms with Crippen LogP contribution in [0, 0.1) is 0 Å². The molecule has 2 aliphatic rings. The van der Waals surface area contributed by atoms with Crippen molar-refractivity contribution in [2.45, 2.75) is 31.8 Å². The summed E-state index contributed by atoms with van der Waals surface area (Å²) in [4.78, 5) is 28.0. The molecular formula is C26H24BrN3O2. The van der Waals surface area contributed by atoms with E-state index in [1.54, 1.807) is 18.2 Å². The molecule has 1 fully saturated rings. The van der Waals surface area contributed by atoms with Gasteiger partial charge in [-0.1, -0.05) is 40.2 Å². The van der Waals surface area contributed by atoms with E-state index in [4.69, 9.17) is 0 Å². The molecule has 2 amide bonds. The number of anilines is 2. The van der Waals surface area contributed by atoms with E-state index in [0.29, 0.717) is 16.8 Å². The van der Waals surface area contributed by atoms with Crippen LogP contribution >= 0.6 is 15.9 Å². The van der Waals surface area contributed by atoms with Crippen LogP contribution in [-0.2, 0) is 13.0 Å². The smallest absolute Gasteiger partial charge is 0.255 e. The number of fused-ring (bicyclic) bond motifs is 1. The molecule has 0 spiro atoms. The molecule has 0 bridgehead atoms. The minimum absolute atomic E-state index is 0.0823. The highest BCUT2D eigenvalue weighted by Gasteiger charge is 2.27. The highest BCUT2D eigenvalue weighted by atomic mass is 79.9. The van der Waals surface area contributed by atoms with E-state index in [0.717, 1.165) is 42.5 Å². The SMILES string of the molecule is O=C(Nc1ccc(N2CCc3ccccc3C2)c(C(=O)NC2CC2)c1)c1ccc(Br)cc1. The molecule has 1 aliphatic heterocycles. The molecule has 0 aromatic heterocycles. The molecule has 1 aliphatic carbocycles. The number of hydrogen-bond acceptors (Lipinski definition) is 3. The van der Waals surface area contributed by atoms with Gasteiger partial charge < -0.3 is 15.5 Å². The normalized spacial score (nSPS) is 15.1. The van der Waals surface area contributed by atoms with E-state index in [-0.39, 0.29) is 17.9 Å². The molecule has 0 unspecified atom stereocenters. The van der Waals surface area contributed by atoms with E-state index in [2.05, 4.69) is 55.7 Å². The van der Waals surface area contributed by atoms with Gasteiger partial charge >= 0.3 is 0 Å². The van der Waals surface area contributed by atoms with E-state index in [9.17, 15) is 9.59 Å². The third-order valence-corrected chi connectivity index (χ3v) is 6.52. The molecule has 1 saturated carbocycles. The average Bonchev–Trinajstić information content (AvgIpc) is 3.63. The third kappa shape index (κ3) is 4.55. The van der Waals surface area contributed by atoms with Gasteiger partial charge in [0.2, 0.25) is 0 Å². The highest BCUT2D eigenvalue weighted by molar-refractivity contribution is 9.10. The Hall–Kier alpha value is -3.12. The Morgan fingerprint density at radius 2 is 1.66 bits per heavy atom. The van der Waals surface area contributed by atoms with Gasteiger partial charge in [-0.2, -0.15) is 0 Å². The van der Waals surface area contributed by atoms with Crippen LogP contribution in [0.5, 0.6) is 0 Å². The maximum atomic E-state index is 13.1. The van der Waals surface area contributed by atoms with E-state index >= 15 is 0 Å². The van der Waals surface area contributed by atoms with E-state index in [1.807, 2.05) is 24.3 Å². The molecule has 0 radical (unpaired) electrons. The van der Waals surface area contributed by atoms with Crippen LogP contribution in [0.1, 0.15) is 44.7 Å². The van der Waals surface area contributed by atoms with Crippen LogP contribution in [0.2, 0.25) is 0 Å². The van der Waals surface area contributed by atoms with Crippen molar-refractivity contribution < 1.29 is 9.59 Å². The first-order chi connectivity index (χ1) is 15.6. The summed E-state index contributed by atoms with van der Waals surface area (Å²) in [7, 11) is 0. The fourth-order valence-electron chi connectivity index (χ4n) is 4.07. The lowest BCUT2D eigenvalue weighted by atomic mass is 9.98. The minimum atomic E-state index is -0.203. The summed E-state index contributed by atoms with van der Waals surface area (Å²) in [5.74, 6) is -0.285. The quantitative estimate of drug-likeness (QED) is 0.520. The summed E-state index contributed by atoms with van der Waals surface area (Å²) >= 11 is 3.39. The molecule has 6 heteroatoms. The predicted molar refractivity (Wildman–Crippen MR) is 130 cm³/mol. The second-order valence-electron chi connectivity index (χ2n) is 8.38. The number of carbonyl (C=O) groups is 2. The number of carbonyl (C=O) groups excluding carboxylic acids is 2. The van der Waals surface area contributed by atoms with Crippen molar-refractivity contribution in [2.75, 3.05) is 16.8 Å². The second-order valence-corrected chi connectivity index (χ2v) is 9.30. The van der Waals surface area contributed by atoms with Gasteiger partial charge in [-0.15, -0.1) is 0 Å². The Balaban J connectivity index is 1.42. The van der Waals surface area contributed by atoms with Gasteiger partial charge in [0.25, 0.3) is 11.8 Å². The number of halogens is 1. The minimum Gasteiger partial charge on any atom is -0.366 e. The maximum absolute atomic E-state index is 13.1. The van der Waals surface area contributed by atoms with Crippen LogP contribution in [0.3, 0.4) is 0 Å². The van der Waals surface area contributed by atoms with Gasteiger partial charge in [0, 0.05) is 40.5 Å². The van der Waals surface area contributed by atoms with Gasteiger partial charge in [0.1, 0.15) is 0 Å². The zero-order valence-corrected chi connectivity index (χ0v) is 19.2. The number of nitrogens with zero attached hydrogens (tertiary/aromatic N) is 1. The first-order valence-corrected chi connectivity index (χ1v) is 11.7. The first kappa shape index (κ1) is 20.8. The number of benzene rings is 3. The van der Waals surface area contributed by atoms with E-state index in [1.165, 1.54) is 11.1 Å². The number of hydrogen-bond donors (Lipinski definition) is 2. The van der Waals surface area contributed by atoms with Crippen molar-refractivity contribution in [1.29, 1.82) is 0 Å². The fourth-order valence-corrected chi connectivity index (χ4v) is 4.33. The molecule has 5 rings (SSSR count). The molecule has 0 atom stereocenters. The summed E-state index contributed by atoms with van der Waals surface area (Å²) in [6, 6.07) is 21.5. The van der Waals surface area contributed by atoms with Crippen molar-refractivity contribution in [2.24, 2.45) is 0 Å². The highest BCUT2D eigenvalue weighted by Crippen LogP contribution is 2.31. The number of rotatable bonds is 5. The Morgan fingerprint density at radius 3 is 2.41 bits per heavy atom. The Labute approximate surface area is 196 Å². The second kappa shape index (κ2) is 8.79. The molecule has 3 aromatic rings. The predicted octanol–water partition coefficient (Wildman–Crippen LogP) is 5.16. The monoisotopic (exact) mass is 489 g/mol. The molecule has 1 heterocycles. The summed E-state index contributed by atoms with van der Waals surface area (Å²) in [5, 5.41) is 6.04. The van der Waals surface area contributed by atoms with Crippen molar-refractivity contribution in [3.63, 3.8) is 0 Å². The summed E-state index contributed by atoms with van der Waals surface area (Å²) in [6.45, 7) is 1.62. The Morgan fingerprint density at radius 1 is 0.906 bits per heavy atom. The molecule has 162 valence electrons. The van der Waals surface area contributed by atoms with Crippen molar-refractivity contribution in [3.8, 4) is 0 Å². The fraction of sp³-hybridized carbons (Fsp3) is 0.231. The zero-order valence-electron chi connectivity index (χ0n) is 17.6. The lowest BCUT2D eigenvalue weighted by molar-refractivity contribution is 0.0950. The molecule has 0 saturated heterocycles. The van der Waals surface area contributed by atoms with Crippen molar-refractivity contribution >= 4 is 39.1 Å². The van der Waals surface area contributed by atoms with Gasteiger partial charge in [0.15, 0.2) is 0 Å². The van der Waals surface area contributed by atoms with Crippen LogP contribution < -0.4 is 15.5 Å². The van der Waals surface area contributed by atoms with Crippen LogP contribution in [0.4, 0.5) is 11.4 Å². The topological polar surface area (TPSA) is 61.4 Å². The lowest BCUT2D eigenvalue weighted by Gasteiger charge is -2.32. The lowest BCUT2D eigenvalue weighted by Crippen LogP contribution is -2.33. The molecular weight excluding hydrogens is 466 g/mol. The Bertz CT molecular complexity index is 1170. The van der Waals surface area contributed by atoms with Crippen LogP contribution in [0.25, 0.3) is 0 Å². The summed E-state index contributed by atoms with van der Waals surface area (Å²) < 4.78 is 0.917. The third-order valence-electron chi connectivity index (χ3n) is 5.99. The van der Waals surface area contributed by atoms with Gasteiger partial charge in [0.05, 0.1) is 5.56 Å². The van der Waals surface area contributed by atoms with Crippen LogP contribution in [0.15, 0.2) is 71.2 Å².